The highest BCUT2D eigenvalue weighted by Crippen LogP contribution is 2.32. The first-order chi connectivity index (χ1) is 6.16. The number of ether oxygens (including phenoxy) is 1. The summed E-state index contributed by atoms with van der Waals surface area (Å²) in [4.78, 5) is 10.8. The number of phenolic OH excluding ortho intramolecular Hbond substituents is 1. The molecule has 0 aliphatic carbocycles. The monoisotopic (exact) mass is 199 g/mol. The predicted molar refractivity (Wildman–Crippen MR) is 46.9 cm³/mol. The van der Waals surface area contributed by atoms with Crippen LogP contribution in [-0.2, 0) is 11.3 Å². The van der Waals surface area contributed by atoms with E-state index in [1.54, 1.807) is 0 Å². The van der Waals surface area contributed by atoms with Crippen molar-refractivity contribution in [3.05, 3.63) is 22.7 Å². The molecular weight excluding hydrogens is 194 g/mol. The lowest BCUT2D eigenvalue weighted by Crippen LogP contribution is -2.20. The van der Waals surface area contributed by atoms with Crippen molar-refractivity contribution in [1.29, 1.82) is 0 Å². The third-order valence-electron chi connectivity index (χ3n) is 1.77. The highest BCUT2D eigenvalue weighted by Gasteiger charge is 2.17. The van der Waals surface area contributed by atoms with E-state index in [9.17, 15) is 9.90 Å². The Kier molecular flexibility index (Phi) is 1.77. The fourth-order valence-electron chi connectivity index (χ4n) is 1.13. The van der Waals surface area contributed by atoms with E-state index in [0.29, 0.717) is 11.3 Å². The van der Waals surface area contributed by atoms with Gasteiger partial charge in [-0.05, 0) is 12.1 Å². The van der Waals surface area contributed by atoms with E-state index in [-0.39, 0.29) is 17.4 Å². The number of benzene rings is 1. The first-order valence-corrected chi connectivity index (χ1v) is 4.00. The lowest BCUT2D eigenvalue weighted by Gasteiger charge is -2.17. The van der Waals surface area contributed by atoms with Crippen LogP contribution in [0, 0.1) is 0 Å². The highest BCUT2D eigenvalue weighted by molar-refractivity contribution is 6.32. The molecule has 1 aliphatic heterocycles. The van der Waals surface area contributed by atoms with Gasteiger partial charge >= 0.3 is 6.09 Å². The van der Waals surface area contributed by atoms with Crippen molar-refractivity contribution >= 4 is 23.4 Å². The maximum atomic E-state index is 10.8. The molecule has 1 aliphatic rings. The second-order valence-corrected chi connectivity index (χ2v) is 3.07. The lowest BCUT2D eigenvalue weighted by atomic mass is 10.1. The minimum atomic E-state index is -0.505. The van der Waals surface area contributed by atoms with E-state index < -0.39 is 6.09 Å². The molecule has 1 aromatic rings. The molecule has 0 aromatic heterocycles. The smallest absolute Gasteiger partial charge is 0.411 e. The number of fused-ring (bicyclic) bond motifs is 1. The highest BCUT2D eigenvalue weighted by atomic mass is 35.5. The van der Waals surface area contributed by atoms with Gasteiger partial charge in [-0.1, -0.05) is 11.6 Å². The standard InChI is InChI=1S/C8H6ClNO3/c9-5-2-6-4(1-7(5)11)3-13-8(12)10-6/h1-2,11H,3H2,(H,10,12). The molecule has 2 rings (SSSR count). The van der Waals surface area contributed by atoms with Crippen molar-refractivity contribution in [2.24, 2.45) is 0 Å². The number of halogens is 1. The van der Waals surface area contributed by atoms with Crippen molar-refractivity contribution in [1.82, 2.24) is 0 Å². The average Bonchev–Trinajstić information content (AvgIpc) is 2.08. The van der Waals surface area contributed by atoms with E-state index in [1.807, 2.05) is 0 Å². The molecule has 0 fully saturated rings. The van der Waals surface area contributed by atoms with Crippen LogP contribution in [0.5, 0.6) is 5.75 Å². The zero-order chi connectivity index (χ0) is 9.42. The number of anilines is 1. The molecule has 68 valence electrons. The largest absolute Gasteiger partial charge is 0.506 e. The number of phenols is 1. The van der Waals surface area contributed by atoms with Gasteiger partial charge in [-0.15, -0.1) is 0 Å². The molecule has 0 saturated carbocycles. The molecule has 1 heterocycles. The topological polar surface area (TPSA) is 58.6 Å². The summed E-state index contributed by atoms with van der Waals surface area (Å²) in [5.74, 6) is -0.0137. The van der Waals surface area contributed by atoms with Crippen LogP contribution in [0.4, 0.5) is 10.5 Å². The molecule has 0 spiro atoms. The van der Waals surface area contributed by atoms with Gasteiger partial charge in [0.05, 0.1) is 10.7 Å². The molecule has 0 saturated heterocycles. The fourth-order valence-corrected chi connectivity index (χ4v) is 1.29. The Hall–Kier alpha value is -1.42. The lowest BCUT2D eigenvalue weighted by molar-refractivity contribution is 0.151. The first kappa shape index (κ1) is 8.19. The maximum Gasteiger partial charge on any atom is 0.411 e. The van der Waals surface area contributed by atoms with Crippen molar-refractivity contribution in [2.45, 2.75) is 6.61 Å². The summed E-state index contributed by atoms with van der Waals surface area (Å²) in [7, 11) is 0. The zero-order valence-corrected chi connectivity index (χ0v) is 7.26. The van der Waals surface area contributed by atoms with Crippen LogP contribution in [0.25, 0.3) is 0 Å². The Labute approximate surface area is 79.1 Å². The van der Waals surface area contributed by atoms with E-state index in [0.717, 1.165) is 0 Å². The van der Waals surface area contributed by atoms with Crippen LogP contribution in [0.15, 0.2) is 12.1 Å². The van der Waals surface area contributed by atoms with E-state index >= 15 is 0 Å². The SMILES string of the molecule is O=C1Nc2cc(Cl)c(O)cc2CO1. The summed E-state index contributed by atoms with van der Waals surface area (Å²) in [5.41, 5.74) is 1.29. The molecule has 0 atom stereocenters. The molecule has 1 amide bonds. The summed E-state index contributed by atoms with van der Waals surface area (Å²) >= 11 is 5.65. The third-order valence-corrected chi connectivity index (χ3v) is 2.07. The molecule has 2 N–H and O–H groups in total. The van der Waals surface area contributed by atoms with E-state index in [4.69, 9.17) is 16.3 Å². The van der Waals surface area contributed by atoms with Crippen LogP contribution in [0.2, 0.25) is 5.02 Å². The molecule has 5 heteroatoms. The quantitative estimate of drug-likeness (QED) is 0.629. The Morgan fingerprint density at radius 1 is 1.54 bits per heavy atom. The molecule has 0 unspecified atom stereocenters. The number of hydrogen-bond donors (Lipinski definition) is 2. The van der Waals surface area contributed by atoms with Crippen molar-refractivity contribution < 1.29 is 14.6 Å². The van der Waals surface area contributed by atoms with Crippen molar-refractivity contribution in [2.75, 3.05) is 5.32 Å². The molecule has 0 bridgehead atoms. The summed E-state index contributed by atoms with van der Waals surface area (Å²) in [6, 6.07) is 2.96. The molecule has 1 aromatic carbocycles. The number of aromatic hydroxyl groups is 1. The summed E-state index contributed by atoms with van der Waals surface area (Å²) in [5, 5.41) is 11.9. The van der Waals surface area contributed by atoms with Crippen LogP contribution in [0.3, 0.4) is 0 Å². The van der Waals surface area contributed by atoms with Gasteiger partial charge in [-0.2, -0.15) is 0 Å². The normalized spacial score (nSPS) is 14.4. The van der Waals surface area contributed by atoms with Crippen LogP contribution >= 0.6 is 11.6 Å². The Bertz CT molecular complexity index is 378. The summed E-state index contributed by atoms with van der Waals surface area (Å²) in [6.45, 7) is 0.159. The predicted octanol–water partition coefficient (Wildman–Crippen LogP) is 2.11. The zero-order valence-electron chi connectivity index (χ0n) is 6.50. The number of amides is 1. The number of carbonyl (C=O) groups is 1. The van der Waals surface area contributed by atoms with Gasteiger partial charge in [0.1, 0.15) is 12.4 Å². The number of hydrogen-bond acceptors (Lipinski definition) is 3. The summed E-state index contributed by atoms with van der Waals surface area (Å²) in [6.07, 6.45) is -0.505. The second-order valence-electron chi connectivity index (χ2n) is 2.66. The van der Waals surface area contributed by atoms with Gasteiger partial charge in [0.25, 0.3) is 0 Å². The summed E-state index contributed by atoms with van der Waals surface area (Å²) < 4.78 is 4.69. The minimum Gasteiger partial charge on any atom is -0.506 e. The van der Waals surface area contributed by atoms with Gasteiger partial charge in [0.15, 0.2) is 0 Å². The van der Waals surface area contributed by atoms with E-state index in [2.05, 4.69) is 5.32 Å². The molecular formula is C8H6ClNO3. The van der Waals surface area contributed by atoms with Crippen LogP contribution in [0.1, 0.15) is 5.56 Å². The number of cyclic esters (lactones) is 1. The van der Waals surface area contributed by atoms with Gasteiger partial charge in [-0.3, -0.25) is 5.32 Å². The Balaban J connectivity index is 2.49. The minimum absolute atomic E-state index is 0.0137. The van der Waals surface area contributed by atoms with Gasteiger partial charge in [0.2, 0.25) is 0 Å². The average molecular weight is 200 g/mol. The van der Waals surface area contributed by atoms with Crippen molar-refractivity contribution in [3.8, 4) is 5.75 Å². The Morgan fingerprint density at radius 2 is 2.31 bits per heavy atom. The maximum absolute atomic E-state index is 10.8. The number of nitrogens with one attached hydrogen (secondary N) is 1. The van der Waals surface area contributed by atoms with E-state index in [1.165, 1.54) is 12.1 Å². The van der Waals surface area contributed by atoms with Crippen LogP contribution in [-0.4, -0.2) is 11.2 Å². The number of rotatable bonds is 0. The van der Waals surface area contributed by atoms with Crippen LogP contribution < -0.4 is 5.32 Å². The number of carbonyl (C=O) groups excluding carboxylic acids is 1. The molecule has 13 heavy (non-hydrogen) atoms. The van der Waals surface area contributed by atoms with Gasteiger partial charge in [0, 0.05) is 5.56 Å². The Morgan fingerprint density at radius 3 is 3.08 bits per heavy atom. The first-order valence-electron chi connectivity index (χ1n) is 3.62. The van der Waals surface area contributed by atoms with Gasteiger partial charge in [-0.25, -0.2) is 4.79 Å². The molecule has 0 radical (unpaired) electrons. The second kappa shape index (κ2) is 2.81. The third kappa shape index (κ3) is 1.40. The molecule has 4 nitrogen and oxygen atoms in total. The van der Waals surface area contributed by atoms with Crippen molar-refractivity contribution in [3.63, 3.8) is 0 Å². The fraction of sp³-hybridized carbons (Fsp3) is 0.125. The van der Waals surface area contributed by atoms with Gasteiger partial charge < -0.3 is 9.84 Å².